The molecule has 0 amide bonds. The van der Waals surface area contributed by atoms with Crippen molar-refractivity contribution in [2.24, 2.45) is 0 Å². The van der Waals surface area contributed by atoms with E-state index in [1.807, 2.05) is 42.0 Å². The van der Waals surface area contributed by atoms with E-state index in [4.69, 9.17) is 4.98 Å². The van der Waals surface area contributed by atoms with Crippen LogP contribution in [0.25, 0.3) is 15.9 Å². The second kappa shape index (κ2) is 6.91. The minimum absolute atomic E-state index is 0.0736. The van der Waals surface area contributed by atoms with Gasteiger partial charge in [-0.05, 0) is 62.4 Å². The van der Waals surface area contributed by atoms with Gasteiger partial charge in [0.2, 0.25) is 5.95 Å². The summed E-state index contributed by atoms with van der Waals surface area (Å²) in [6, 6.07) is 8.01. The van der Waals surface area contributed by atoms with Gasteiger partial charge in [-0.25, -0.2) is 9.97 Å². The van der Waals surface area contributed by atoms with E-state index in [9.17, 15) is 4.79 Å². The number of nitrogens with one attached hydrogen (secondary N) is 1. The first-order valence-corrected chi connectivity index (χ1v) is 10.5. The van der Waals surface area contributed by atoms with Gasteiger partial charge in [-0.2, -0.15) is 0 Å². The van der Waals surface area contributed by atoms with E-state index in [0.29, 0.717) is 12.5 Å². The van der Waals surface area contributed by atoms with E-state index in [1.165, 1.54) is 16.9 Å². The lowest BCUT2D eigenvalue weighted by atomic mass is 9.97. The number of aromatic nitrogens is 4. The topological polar surface area (TPSA) is 64.7 Å². The molecule has 1 aliphatic carbocycles. The molecule has 5 rings (SSSR count). The highest BCUT2D eigenvalue weighted by Crippen LogP contribution is 2.34. The Hall–Kier alpha value is -2.93. The maximum atomic E-state index is 13.2. The molecule has 0 unspecified atom stereocenters. The summed E-state index contributed by atoms with van der Waals surface area (Å²) in [6.07, 6.45) is 9.87. The molecule has 0 saturated heterocycles. The predicted molar refractivity (Wildman–Crippen MR) is 113 cm³/mol. The van der Waals surface area contributed by atoms with Gasteiger partial charge < -0.3 is 9.88 Å². The molecule has 28 heavy (non-hydrogen) atoms. The first kappa shape index (κ1) is 17.2. The molecule has 0 saturated carbocycles. The molecule has 3 aromatic heterocycles. The number of aryl methyl sites for hydroxylation is 2. The summed E-state index contributed by atoms with van der Waals surface area (Å²) in [5.74, 6) is 0.606. The normalized spacial score (nSPS) is 13.6. The van der Waals surface area contributed by atoms with Crippen LogP contribution in [0, 0.1) is 0 Å². The van der Waals surface area contributed by atoms with Gasteiger partial charge in [0.15, 0.2) is 0 Å². The molecule has 1 N–H and O–H groups in total. The van der Waals surface area contributed by atoms with Crippen molar-refractivity contribution in [3.05, 3.63) is 63.8 Å². The van der Waals surface area contributed by atoms with Crippen LogP contribution < -0.4 is 10.9 Å². The van der Waals surface area contributed by atoms with Crippen molar-refractivity contribution in [1.29, 1.82) is 0 Å². The number of rotatable bonds is 4. The maximum absolute atomic E-state index is 13.2. The third-order valence-electron chi connectivity index (χ3n) is 5.32. The fraction of sp³-hybridized carbons (Fsp3) is 0.286. The van der Waals surface area contributed by atoms with Gasteiger partial charge in [0.1, 0.15) is 4.83 Å². The van der Waals surface area contributed by atoms with Crippen LogP contribution in [0.2, 0.25) is 0 Å². The number of thiophene rings is 1. The zero-order valence-corrected chi connectivity index (χ0v) is 16.5. The zero-order valence-electron chi connectivity index (χ0n) is 15.7. The van der Waals surface area contributed by atoms with Crippen molar-refractivity contribution in [3.8, 4) is 5.69 Å². The second-order valence-electron chi connectivity index (χ2n) is 7.02. The summed E-state index contributed by atoms with van der Waals surface area (Å²) >= 11 is 1.68. The standard InChI is InChI=1S/C21H21N5OS/c1-2-26-20(27)18-16-5-3-4-6-17(16)28-19(18)24-21(26)23-14-7-9-15(10-8-14)25-12-11-22-13-25/h7-13H,2-6H2,1H3,(H,23,24). The van der Waals surface area contributed by atoms with Crippen LogP contribution in [0.4, 0.5) is 11.6 Å². The molecule has 0 spiro atoms. The highest BCUT2D eigenvalue weighted by molar-refractivity contribution is 7.18. The fourth-order valence-corrected chi connectivity index (χ4v) is 5.14. The molecular weight excluding hydrogens is 370 g/mol. The summed E-state index contributed by atoms with van der Waals surface area (Å²) in [7, 11) is 0. The van der Waals surface area contributed by atoms with Crippen molar-refractivity contribution >= 4 is 33.2 Å². The molecular formula is C21H21N5OS. The summed E-state index contributed by atoms with van der Waals surface area (Å²) in [5.41, 5.74) is 3.25. The van der Waals surface area contributed by atoms with E-state index in [-0.39, 0.29) is 5.56 Å². The number of benzene rings is 1. The Labute approximate surface area is 166 Å². The Morgan fingerprint density at radius 2 is 2.00 bits per heavy atom. The van der Waals surface area contributed by atoms with Gasteiger partial charge in [0, 0.05) is 35.2 Å². The number of fused-ring (bicyclic) bond motifs is 3. The molecule has 0 radical (unpaired) electrons. The SMILES string of the molecule is CCn1c(Nc2ccc(-n3ccnc3)cc2)nc2sc3c(c2c1=O)CCCC3. The molecule has 4 aromatic rings. The second-order valence-corrected chi connectivity index (χ2v) is 8.10. The molecule has 3 heterocycles. The predicted octanol–water partition coefficient (Wildman–Crippen LogP) is 4.29. The number of hydrogen-bond donors (Lipinski definition) is 1. The van der Waals surface area contributed by atoms with Crippen LogP contribution in [-0.2, 0) is 19.4 Å². The van der Waals surface area contributed by atoms with Gasteiger partial charge in [-0.1, -0.05) is 0 Å². The maximum Gasteiger partial charge on any atom is 0.263 e. The van der Waals surface area contributed by atoms with Crippen LogP contribution in [-0.4, -0.2) is 19.1 Å². The third-order valence-corrected chi connectivity index (χ3v) is 6.50. The molecule has 1 aliphatic rings. The highest BCUT2D eigenvalue weighted by Gasteiger charge is 2.21. The average Bonchev–Trinajstić information content (AvgIpc) is 3.36. The summed E-state index contributed by atoms with van der Waals surface area (Å²) in [5, 5.41) is 4.18. The van der Waals surface area contributed by atoms with Gasteiger partial charge in [-0.15, -0.1) is 11.3 Å². The monoisotopic (exact) mass is 391 g/mol. The lowest BCUT2D eigenvalue weighted by Crippen LogP contribution is -2.23. The van der Waals surface area contributed by atoms with Crippen molar-refractivity contribution in [1.82, 2.24) is 19.1 Å². The summed E-state index contributed by atoms with van der Waals surface area (Å²) < 4.78 is 3.69. The van der Waals surface area contributed by atoms with Gasteiger partial charge in [0.25, 0.3) is 5.56 Å². The number of imidazole rings is 1. The Morgan fingerprint density at radius 1 is 1.18 bits per heavy atom. The first-order valence-electron chi connectivity index (χ1n) is 9.65. The molecule has 0 fully saturated rings. The largest absolute Gasteiger partial charge is 0.325 e. The Kier molecular flexibility index (Phi) is 4.24. The lowest BCUT2D eigenvalue weighted by Gasteiger charge is -2.14. The number of nitrogens with zero attached hydrogens (tertiary/aromatic N) is 4. The van der Waals surface area contributed by atoms with Gasteiger partial charge >= 0.3 is 0 Å². The fourth-order valence-electron chi connectivity index (χ4n) is 3.89. The number of anilines is 2. The number of hydrogen-bond acceptors (Lipinski definition) is 5. The summed E-state index contributed by atoms with van der Waals surface area (Å²) in [6.45, 7) is 2.57. The molecule has 6 nitrogen and oxygen atoms in total. The van der Waals surface area contributed by atoms with Crippen LogP contribution in [0.3, 0.4) is 0 Å². The molecule has 0 bridgehead atoms. The van der Waals surface area contributed by atoms with E-state index >= 15 is 0 Å². The Bertz CT molecular complexity index is 1190. The Balaban J connectivity index is 1.54. The minimum Gasteiger partial charge on any atom is -0.325 e. The molecule has 7 heteroatoms. The molecule has 0 aliphatic heterocycles. The molecule has 0 atom stereocenters. The van der Waals surface area contributed by atoms with Crippen LogP contribution in [0.5, 0.6) is 0 Å². The quantitative estimate of drug-likeness (QED) is 0.564. The first-order chi connectivity index (χ1) is 13.7. The van der Waals surface area contributed by atoms with Crippen LogP contribution in [0.1, 0.15) is 30.2 Å². The zero-order chi connectivity index (χ0) is 19.1. The van der Waals surface area contributed by atoms with E-state index < -0.39 is 0 Å². The van der Waals surface area contributed by atoms with E-state index in [2.05, 4.69) is 10.3 Å². The lowest BCUT2D eigenvalue weighted by molar-refractivity contribution is 0.696. The third kappa shape index (κ3) is 2.82. The molecule has 1 aromatic carbocycles. The van der Waals surface area contributed by atoms with E-state index in [0.717, 1.165) is 40.9 Å². The molecule has 142 valence electrons. The van der Waals surface area contributed by atoms with Crippen molar-refractivity contribution in [3.63, 3.8) is 0 Å². The highest BCUT2D eigenvalue weighted by atomic mass is 32.1. The Morgan fingerprint density at radius 3 is 2.75 bits per heavy atom. The van der Waals surface area contributed by atoms with Crippen LogP contribution >= 0.6 is 11.3 Å². The van der Waals surface area contributed by atoms with Crippen molar-refractivity contribution in [2.75, 3.05) is 5.32 Å². The van der Waals surface area contributed by atoms with Gasteiger partial charge in [0.05, 0.1) is 11.7 Å². The van der Waals surface area contributed by atoms with Crippen molar-refractivity contribution < 1.29 is 0 Å². The smallest absolute Gasteiger partial charge is 0.263 e. The van der Waals surface area contributed by atoms with E-state index in [1.54, 1.807) is 28.4 Å². The van der Waals surface area contributed by atoms with Crippen LogP contribution in [0.15, 0.2) is 47.8 Å². The summed E-state index contributed by atoms with van der Waals surface area (Å²) in [4.78, 5) is 24.3. The van der Waals surface area contributed by atoms with Gasteiger partial charge in [-0.3, -0.25) is 9.36 Å². The average molecular weight is 392 g/mol. The van der Waals surface area contributed by atoms with Crippen molar-refractivity contribution in [2.45, 2.75) is 39.2 Å². The minimum atomic E-state index is 0.0736.